The molecule has 0 amide bonds. The highest BCUT2D eigenvalue weighted by molar-refractivity contribution is 7.93. The molecule has 1 aromatic carbocycles. The molecule has 21 heavy (non-hydrogen) atoms. The van der Waals surface area contributed by atoms with Crippen LogP contribution in [0.2, 0.25) is 0 Å². The van der Waals surface area contributed by atoms with Crippen LogP contribution >= 0.6 is 0 Å². The second-order valence-corrected chi connectivity index (χ2v) is 7.61. The molecular weight excluding hydrogens is 296 g/mol. The van der Waals surface area contributed by atoms with Crippen LogP contribution in [0, 0.1) is 0 Å². The first-order valence-corrected chi connectivity index (χ1v) is 7.95. The van der Waals surface area contributed by atoms with Crippen LogP contribution in [0.25, 0.3) is 0 Å². The number of esters is 1. The Balaban J connectivity index is 3.03. The molecule has 1 unspecified atom stereocenters. The van der Waals surface area contributed by atoms with E-state index in [9.17, 15) is 23.1 Å². The van der Waals surface area contributed by atoms with Crippen molar-refractivity contribution < 1.29 is 27.9 Å². The SMILES string of the molecule is CC(C)(C)OC(=O)CS(=O)(=O)C(C(=O)O)c1ccccc1. The van der Waals surface area contributed by atoms with Gasteiger partial charge in [0.25, 0.3) is 0 Å². The Morgan fingerprint density at radius 2 is 1.71 bits per heavy atom. The number of aliphatic carboxylic acids is 1. The summed E-state index contributed by atoms with van der Waals surface area (Å²) < 4.78 is 29.3. The molecule has 0 aliphatic rings. The molecule has 7 heteroatoms. The van der Waals surface area contributed by atoms with Crippen molar-refractivity contribution in [1.29, 1.82) is 0 Å². The van der Waals surface area contributed by atoms with Gasteiger partial charge in [0, 0.05) is 0 Å². The highest BCUT2D eigenvalue weighted by Crippen LogP contribution is 2.24. The van der Waals surface area contributed by atoms with Gasteiger partial charge in [-0.3, -0.25) is 9.59 Å². The first kappa shape index (κ1) is 17.2. The van der Waals surface area contributed by atoms with Crippen molar-refractivity contribution in [2.45, 2.75) is 31.6 Å². The lowest BCUT2D eigenvalue weighted by Crippen LogP contribution is -2.32. The van der Waals surface area contributed by atoms with Crippen LogP contribution in [0.1, 0.15) is 31.6 Å². The molecule has 1 rings (SSSR count). The molecule has 0 radical (unpaired) electrons. The molecule has 6 nitrogen and oxygen atoms in total. The highest BCUT2D eigenvalue weighted by atomic mass is 32.2. The molecule has 0 aliphatic heterocycles. The predicted octanol–water partition coefficient (Wildman–Crippen LogP) is 1.57. The Hall–Kier alpha value is -1.89. The van der Waals surface area contributed by atoms with Crippen LogP contribution in [0.5, 0.6) is 0 Å². The third kappa shape index (κ3) is 5.18. The Kier molecular flexibility index (Phi) is 5.11. The predicted molar refractivity (Wildman–Crippen MR) is 76.5 cm³/mol. The minimum Gasteiger partial charge on any atom is -0.480 e. The maximum absolute atomic E-state index is 12.2. The first-order chi connectivity index (χ1) is 9.53. The number of hydrogen-bond donors (Lipinski definition) is 1. The standard InChI is InChI=1S/C14H18O6S/c1-14(2,3)20-11(15)9-21(18,19)12(13(16)17)10-7-5-4-6-8-10/h4-8,12H,9H2,1-3H3,(H,16,17). The summed E-state index contributed by atoms with van der Waals surface area (Å²) in [6, 6.07) is 7.50. The largest absolute Gasteiger partial charge is 0.480 e. The van der Waals surface area contributed by atoms with Crippen molar-refractivity contribution in [3.63, 3.8) is 0 Å². The van der Waals surface area contributed by atoms with E-state index >= 15 is 0 Å². The van der Waals surface area contributed by atoms with Crippen molar-refractivity contribution in [2.75, 3.05) is 5.75 Å². The summed E-state index contributed by atoms with van der Waals surface area (Å²) in [6.45, 7) is 4.80. The fraction of sp³-hybridized carbons (Fsp3) is 0.429. The second-order valence-electron chi connectivity index (χ2n) is 5.52. The number of hydrogen-bond acceptors (Lipinski definition) is 5. The van der Waals surface area contributed by atoms with Gasteiger partial charge in [-0.05, 0) is 26.3 Å². The van der Waals surface area contributed by atoms with E-state index in [4.69, 9.17) is 4.74 Å². The summed E-state index contributed by atoms with van der Waals surface area (Å²) in [7, 11) is -4.22. The summed E-state index contributed by atoms with van der Waals surface area (Å²) in [5.74, 6) is -3.47. The van der Waals surface area contributed by atoms with E-state index in [0.717, 1.165) is 0 Å². The first-order valence-electron chi connectivity index (χ1n) is 6.24. The zero-order valence-corrected chi connectivity index (χ0v) is 12.9. The number of carboxylic acid groups (broad SMARTS) is 1. The van der Waals surface area contributed by atoms with Crippen LogP contribution in [0.3, 0.4) is 0 Å². The molecule has 0 saturated heterocycles. The Morgan fingerprint density at radius 3 is 2.14 bits per heavy atom. The Labute approximate surface area is 123 Å². The summed E-state index contributed by atoms with van der Waals surface area (Å²) >= 11 is 0. The van der Waals surface area contributed by atoms with Gasteiger partial charge in [-0.25, -0.2) is 8.42 Å². The fourth-order valence-corrected chi connectivity index (χ4v) is 3.18. The molecule has 0 aromatic heterocycles. The van der Waals surface area contributed by atoms with Gasteiger partial charge in [0.05, 0.1) is 0 Å². The van der Waals surface area contributed by atoms with Crippen LogP contribution in [0.15, 0.2) is 30.3 Å². The van der Waals surface area contributed by atoms with Gasteiger partial charge in [-0.15, -0.1) is 0 Å². The number of carboxylic acids is 1. The molecule has 0 bridgehead atoms. The smallest absolute Gasteiger partial charge is 0.326 e. The van der Waals surface area contributed by atoms with Gasteiger partial charge in [-0.1, -0.05) is 30.3 Å². The van der Waals surface area contributed by atoms with Gasteiger partial charge in [-0.2, -0.15) is 0 Å². The molecule has 1 atom stereocenters. The molecule has 1 N–H and O–H groups in total. The van der Waals surface area contributed by atoms with E-state index < -0.39 is 38.4 Å². The summed E-state index contributed by atoms with van der Waals surface area (Å²) in [5.41, 5.74) is -0.730. The van der Waals surface area contributed by atoms with E-state index in [1.807, 2.05) is 0 Å². The lowest BCUT2D eigenvalue weighted by Gasteiger charge is -2.20. The number of rotatable bonds is 5. The lowest BCUT2D eigenvalue weighted by molar-refractivity contribution is -0.151. The van der Waals surface area contributed by atoms with Crippen LogP contribution in [-0.4, -0.2) is 36.8 Å². The molecule has 0 spiro atoms. The number of ether oxygens (including phenoxy) is 1. The molecule has 1 aromatic rings. The average molecular weight is 314 g/mol. The number of benzene rings is 1. The minimum absolute atomic E-state index is 0.105. The normalized spacial score (nSPS) is 13.5. The maximum Gasteiger partial charge on any atom is 0.326 e. The van der Waals surface area contributed by atoms with E-state index in [0.29, 0.717) is 0 Å². The molecule has 0 fully saturated rings. The van der Waals surface area contributed by atoms with Crippen molar-refractivity contribution >= 4 is 21.8 Å². The van der Waals surface area contributed by atoms with Crippen molar-refractivity contribution in [1.82, 2.24) is 0 Å². The van der Waals surface area contributed by atoms with E-state index in [2.05, 4.69) is 0 Å². The van der Waals surface area contributed by atoms with Gasteiger partial charge < -0.3 is 9.84 Å². The molecule has 0 heterocycles. The van der Waals surface area contributed by atoms with Gasteiger partial charge in [0.2, 0.25) is 0 Å². The van der Waals surface area contributed by atoms with E-state index in [-0.39, 0.29) is 5.56 Å². The maximum atomic E-state index is 12.2. The zero-order valence-electron chi connectivity index (χ0n) is 12.1. The molecule has 0 saturated carbocycles. The number of sulfone groups is 1. The highest BCUT2D eigenvalue weighted by Gasteiger charge is 2.36. The van der Waals surface area contributed by atoms with E-state index in [1.54, 1.807) is 26.8 Å². The summed E-state index contributed by atoms with van der Waals surface area (Å²) in [6.07, 6.45) is 0. The van der Waals surface area contributed by atoms with Crippen LogP contribution < -0.4 is 0 Å². The lowest BCUT2D eigenvalue weighted by atomic mass is 10.1. The number of carbonyl (C=O) groups excluding carboxylic acids is 1. The Morgan fingerprint density at radius 1 is 1.19 bits per heavy atom. The van der Waals surface area contributed by atoms with E-state index in [1.165, 1.54) is 24.3 Å². The van der Waals surface area contributed by atoms with Crippen molar-refractivity contribution in [2.24, 2.45) is 0 Å². The monoisotopic (exact) mass is 314 g/mol. The van der Waals surface area contributed by atoms with Gasteiger partial charge in [0.15, 0.2) is 15.1 Å². The van der Waals surface area contributed by atoms with Gasteiger partial charge in [0.1, 0.15) is 11.4 Å². The summed E-state index contributed by atoms with van der Waals surface area (Å²) in [4.78, 5) is 22.9. The quantitative estimate of drug-likeness (QED) is 0.828. The zero-order chi connectivity index (χ0) is 16.3. The topological polar surface area (TPSA) is 97.7 Å². The molecule has 0 aliphatic carbocycles. The third-order valence-electron chi connectivity index (χ3n) is 2.42. The van der Waals surface area contributed by atoms with Crippen molar-refractivity contribution in [3.05, 3.63) is 35.9 Å². The van der Waals surface area contributed by atoms with Crippen molar-refractivity contribution in [3.8, 4) is 0 Å². The van der Waals surface area contributed by atoms with Gasteiger partial charge >= 0.3 is 11.9 Å². The second kappa shape index (κ2) is 6.26. The minimum atomic E-state index is -4.22. The molecule has 116 valence electrons. The fourth-order valence-electron chi connectivity index (χ4n) is 1.75. The average Bonchev–Trinajstić information content (AvgIpc) is 2.25. The number of carbonyl (C=O) groups is 2. The third-order valence-corrected chi connectivity index (χ3v) is 4.25. The molecular formula is C14H18O6S. The summed E-state index contributed by atoms with van der Waals surface area (Å²) in [5, 5.41) is 7.39. The van der Waals surface area contributed by atoms with Crippen LogP contribution in [0.4, 0.5) is 0 Å². The Bertz CT molecular complexity index is 613. The van der Waals surface area contributed by atoms with Crippen LogP contribution in [-0.2, 0) is 24.2 Å².